The Labute approximate surface area is 124 Å². The number of aliphatic hydroxyl groups excluding tert-OH is 1. The van der Waals surface area contributed by atoms with Gasteiger partial charge in [-0.3, -0.25) is 4.79 Å². The summed E-state index contributed by atoms with van der Waals surface area (Å²) >= 11 is 0. The second-order valence-corrected chi connectivity index (χ2v) is 5.24. The molecule has 0 aliphatic heterocycles. The molecule has 2 aromatic rings. The number of amides is 1. The average Bonchev–Trinajstić information content (AvgIpc) is 2.78. The number of carbonyl (C=O) groups excluding carboxylic acids is 1. The van der Waals surface area contributed by atoms with Crippen LogP contribution in [0.4, 0.5) is 0 Å². The lowest BCUT2D eigenvalue weighted by atomic mass is 10.0. The SMILES string of the molecule is Cc1ccc([C@@H](CCO)NC(=O)c2c(C)ncn2C)cc1. The van der Waals surface area contributed by atoms with Crippen LogP contribution in [0.3, 0.4) is 0 Å². The zero-order valence-corrected chi connectivity index (χ0v) is 12.6. The summed E-state index contributed by atoms with van der Waals surface area (Å²) in [5.41, 5.74) is 3.39. The lowest BCUT2D eigenvalue weighted by Gasteiger charge is -2.19. The van der Waals surface area contributed by atoms with Gasteiger partial charge in [-0.2, -0.15) is 0 Å². The van der Waals surface area contributed by atoms with E-state index >= 15 is 0 Å². The van der Waals surface area contributed by atoms with E-state index in [0.717, 1.165) is 11.1 Å². The van der Waals surface area contributed by atoms with Crippen LogP contribution < -0.4 is 5.32 Å². The molecule has 0 spiro atoms. The Bertz CT molecular complexity index is 597. The zero-order valence-electron chi connectivity index (χ0n) is 12.6. The molecule has 0 saturated carbocycles. The van der Waals surface area contributed by atoms with Gasteiger partial charge in [0.2, 0.25) is 0 Å². The third-order valence-corrected chi connectivity index (χ3v) is 3.54. The van der Waals surface area contributed by atoms with Gasteiger partial charge in [-0.1, -0.05) is 29.8 Å². The molecule has 0 radical (unpaired) electrons. The average molecular weight is 287 g/mol. The van der Waals surface area contributed by atoms with Gasteiger partial charge in [0.25, 0.3) is 5.91 Å². The van der Waals surface area contributed by atoms with Gasteiger partial charge in [-0.25, -0.2) is 4.98 Å². The molecule has 2 N–H and O–H groups in total. The maximum absolute atomic E-state index is 12.4. The van der Waals surface area contributed by atoms with Crippen molar-refractivity contribution in [2.45, 2.75) is 26.3 Å². The summed E-state index contributed by atoms with van der Waals surface area (Å²) in [5.74, 6) is -0.175. The van der Waals surface area contributed by atoms with Crippen LogP contribution in [-0.4, -0.2) is 27.2 Å². The molecule has 0 aliphatic carbocycles. The maximum Gasteiger partial charge on any atom is 0.270 e. The highest BCUT2D eigenvalue weighted by atomic mass is 16.3. The van der Waals surface area contributed by atoms with E-state index in [1.165, 1.54) is 0 Å². The fourth-order valence-electron chi connectivity index (χ4n) is 2.35. The topological polar surface area (TPSA) is 67.2 Å². The minimum absolute atomic E-state index is 0.0171. The van der Waals surface area contributed by atoms with Crippen molar-refractivity contribution < 1.29 is 9.90 Å². The van der Waals surface area contributed by atoms with Crippen LogP contribution in [-0.2, 0) is 7.05 Å². The van der Waals surface area contributed by atoms with Crippen molar-refractivity contribution in [2.24, 2.45) is 7.05 Å². The van der Waals surface area contributed by atoms with E-state index in [1.807, 2.05) is 38.1 Å². The molecule has 0 aliphatic rings. The summed E-state index contributed by atoms with van der Waals surface area (Å²) in [6, 6.07) is 7.75. The molecular formula is C16H21N3O2. The molecular weight excluding hydrogens is 266 g/mol. The van der Waals surface area contributed by atoms with Gasteiger partial charge >= 0.3 is 0 Å². The summed E-state index contributed by atoms with van der Waals surface area (Å²) in [6.45, 7) is 3.84. The van der Waals surface area contributed by atoms with Crippen molar-refractivity contribution in [2.75, 3.05) is 6.61 Å². The summed E-state index contributed by atoms with van der Waals surface area (Å²) in [6.07, 6.45) is 2.10. The summed E-state index contributed by atoms with van der Waals surface area (Å²) < 4.78 is 1.70. The third kappa shape index (κ3) is 3.49. The smallest absolute Gasteiger partial charge is 0.270 e. The number of aliphatic hydroxyl groups is 1. The largest absolute Gasteiger partial charge is 0.396 e. The van der Waals surface area contributed by atoms with E-state index in [-0.39, 0.29) is 18.6 Å². The van der Waals surface area contributed by atoms with Crippen LogP contribution in [0.15, 0.2) is 30.6 Å². The quantitative estimate of drug-likeness (QED) is 0.882. The van der Waals surface area contributed by atoms with E-state index in [4.69, 9.17) is 0 Å². The number of aromatic nitrogens is 2. The number of hydrogen-bond acceptors (Lipinski definition) is 3. The van der Waals surface area contributed by atoms with Crippen LogP contribution in [0.1, 0.15) is 39.8 Å². The van der Waals surface area contributed by atoms with Crippen molar-refractivity contribution in [1.29, 1.82) is 0 Å². The predicted octanol–water partition coefficient (Wildman–Crippen LogP) is 1.89. The summed E-state index contributed by atoms with van der Waals surface area (Å²) in [7, 11) is 1.79. The molecule has 1 aromatic heterocycles. The summed E-state index contributed by atoms with van der Waals surface area (Å²) in [4.78, 5) is 16.5. The van der Waals surface area contributed by atoms with E-state index in [2.05, 4.69) is 10.3 Å². The molecule has 1 amide bonds. The van der Waals surface area contributed by atoms with Gasteiger partial charge in [-0.05, 0) is 25.8 Å². The minimum Gasteiger partial charge on any atom is -0.396 e. The van der Waals surface area contributed by atoms with Crippen LogP contribution >= 0.6 is 0 Å². The van der Waals surface area contributed by atoms with Crippen molar-refractivity contribution in [3.63, 3.8) is 0 Å². The Morgan fingerprint density at radius 2 is 2.00 bits per heavy atom. The Kier molecular flexibility index (Phi) is 4.75. The number of imidazole rings is 1. The number of aryl methyl sites for hydroxylation is 3. The first kappa shape index (κ1) is 15.3. The van der Waals surface area contributed by atoms with E-state index in [9.17, 15) is 9.90 Å². The van der Waals surface area contributed by atoms with Gasteiger partial charge < -0.3 is 15.0 Å². The monoisotopic (exact) mass is 287 g/mol. The number of carbonyl (C=O) groups is 1. The van der Waals surface area contributed by atoms with Gasteiger partial charge in [0, 0.05) is 13.7 Å². The van der Waals surface area contributed by atoms with Crippen LogP contribution in [0, 0.1) is 13.8 Å². The second-order valence-electron chi connectivity index (χ2n) is 5.24. The Balaban J connectivity index is 2.20. The van der Waals surface area contributed by atoms with Crippen molar-refractivity contribution in [1.82, 2.24) is 14.9 Å². The minimum atomic E-state index is -0.211. The van der Waals surface area contributed by atoms with Gasteiger partial charge in [-0.15, -0.1) is 0 Å². The number of hydrogen-bond donors (Lipinski definition) is 2. The maximum atomic E-state index is 12.4. The number of rotatable bonds is 5. The zero-order chi connectivity index (χ0) is 15.4. The van der Waals surface area contributed by atoms with E-state index < -0.39 is 0 Å². The molecule has 21 heavy (non-hydrogen) atoms. The highest BCUT2D eigenvalue weighted by molar-refractivity contribution is 5.93. The molecule has 1 atom stereocenters. The van der Waals surface area contributed by atoms with Crippen molar-refractivity contribution in [3.8, 4) is 0 Å². The van der Waals surface area contributed by atoms with Crippen LogP contribution in [0.2, 0.25) is 0 Å². The van der Waals surface area contributed by atoms with E-state index in [1.54, 1.807) is 17.9 Å². The molecule has 5 nitrogen and oxygen atoms in total. The second kappa shape index (κ2) is 6.54. The molecule has 0 saturated heterocycles. The molecule has 0 fully saturated rings. The molecule has 0 bridgehead atoms. The Morgan fingerprint density at radius 3 is 2.52 bits per heavy atom. The number of benzene rings is 1. The number of nitrogens with one attached hydrogen (secondary N) is 1. The molecule has 1 heterocycles. The molecule has 1 aromatic carbocycles. The van der Waals surface area contributed by atoms with Gasteiger partial charge in [0.05, 0.1) is 18.1 Å². The van der Waals surface area contributed by atoms with Crippen LogP contribution in [0.25, 0.3) is 0 Å². The first-order chi connectivity index (χ1) is 10.0. The fraction of sp³-hybridized carbons (Fsp3) is 0.375. The Morgan fingerprint density at radius 1 is 1.33 bits per heavy atom. The van der Waals surface area contributed by atoms with Gasteiger partial charge in [0.1, 0.15) is 5.69 Å². The molecule has 0 unspecified atom stereocenters. The third-order valence-electron chi connectivity index (χ3n) is 3.54. The normalized spacial score (nSPS) is 12.2. The van der Waals surface area contributed by atoms with Crippen molar-refractivity contribution in [3.05, 3.63) is 53.1 Å². The first-order valence-electron chi connectivity index (χ1n) is 6.99. The lowest BCUT2D eigenvalue weighted by molar-refractivity contribution is 0.0921. The first-order valence-corrected chi connectivity index (χ1v) is 6.99. The fourth-order valence-corrected chi connectivity index (χ4v) is 2.35. The van der Waals surface area contributed by atoms with E-state index in [0.29, 0.717) is 17.8 Å². The predicted molar refractivity (Wildman–Crippen MR) is 81.0 cm³/mol. The Hall–Kier alpha value is -2.14. The number of nitrogens with zero attached hydrogens (tertiary/aromatic N) is 2. The molecule has 2 rings (SSSR count). The molecule has 112 valence electrons. The van der Waals surface area contributed by atoms with Gasteiger partial charge in [0.15, 0.2) is 0 Å². The standard InChI is InChI=1S/C16H21N3O2/c1-11-4-6-13(7-5-11)14(8-9-20)18-16(21)15-12(2)17-10-19(15)3/h4-7,10,14,20H,8-9H2,1-3H3,(H,18,21)/t14-/m1/s1. The summed E-state index contributed by atoms with van der Waals surface area (Å²) in [5, 5.41) is 12.2. The van der Waals surface area contributed by atoms with Crippen molar-refractivity contribution >= 4 is 5.91 Å². The highest BCUT2D eigenvalue weighted by Crippen LogP contribution is 2.18. The van der Waals surface area contributed by atoms with Crippen LogP contribution in [0.5, 0.6) is 0 Å². The lowest BCUT2D eigenvalue weighted by Crippen LogP contribution is -2.31. The highest BCUT2D eigenvalue weighted by Gasteiger charge is 2.19. The molecule has 5 heteroatoms.